The van der Waals surface area contributed by atoms with Gasteiger partial charge in [0.2, 0.25) is 5.91 Å². The Bertz CT molecular complexity index is 2060. The number of aromatic nitrogens is 2. The Kier molecular flexibility index (Phi) is 14.3. The lowest BCUT2D eigenvalue weighted by molar-refractivity contribution is -0.133. The molecule has 0 aliphatic carbocycles. The first-order valence-corrected chi connectivity index (χ1v) is 19.9. The number of pyridine rings is 1. The third-order valence-corrected chi connectivity index (χ3v) is 10.5. The molecule has 0 bridgehead atoms. The van der Waals surface area contributed by atoms with Crippen LogP contribution in [0.15, 0.2) is 79.0 Å². The summed E-state index contributed by atoms with van der Waals surface area (Å²) in [6, 6.07) is 19.7. The smallest absolute Gasteiger partial charge is 0.407 e. The van der Waals surface area contributed by atoms with Gasteiger partial charge in [-0.15, -0.1) is 0 Å². The number of benzene rings is 2. The molecular weight excluding hydrogens is 753 g/mol. The molecule has 0 saturated carbocycles. The maximum absolute atomic E-state index is 14.6. The number of hydrazine groups is 1. The quantitative estimate of drug-likeness (QED) is 0.117. The number of hydrogen-bond acceptors (Lipinski definition) is 9. The van der Waals surface area contributed by atoms with Gasteiger partial charge in [0.15, 0.2) is 0 Å². The number of fused-ring (bicyclic) bond motifs is 1. The van der Waals surface area contributed by atoms with E-state index in [4.69, 9.17) is 14.5 Å². The number of hydrogen-bond donors (Lipinski definition) is 4. The number of aliphatic hydroxyl groups excluding tert-OH is 1. The summed E-state index contributed by atoms with van der Waals surface area (Å²) in [4.78, 5) is 63.0. The Morgan fingerprint density at radius 1 is 0.864 bits per heavy atom. The average Bonchev–Trinajstić information content (AvgIpc) is 3.70. The highest BCUT2D eigenvalue weighted by Crippen LogP contribution is 2.30. The van der Waals surface area contributed by atoms with Gasteiger partial charge in [0.05, 0.1) is 44.1 Å². The van der Waals surface area contributed by atoms with E-state index >= 15 is 0 Å². The van der Waals surface area contributed by atoms with E-state index in [2.05, 4.69) is 16.1 Å². The maximum Gasteiger partial charge on any atom is 0.407 e. The minimum absolute atomic E-state index is 0.112. The molecule has 2 aromatic heterocycles. The van der Waals surface area contributed by atoms with Gasteiger partial charge < -0.3 is 39.4 Å². The number of alkyl carbamates (subject to hydrolysis) is 1. The summed E-state index contributed by atoms with van der Waals surface area (Å²) in [6.45, 7) is 14.2. The van der Waals surface area contributed by atoms with Crippen LogP contribution < -0.4 is 20.8 Å². The Labute approximate surface area is 347 Å². The summed E-state index contributed by atoms with van der Waals surface area (Å²) in [5, 5.41) is 19.5. The first-order valence-electron chi connectivity index (χ1n) is 19.9. The Morgan fingerprint density at radius 3 is 2.17 bits per heavy atom. The highest BCUT2D eigenvalue weighted by molar-refractivity contribution is 5.89. The second kappa shape index (κ2) is 18.9. The van der Waals surface area contributed by atoms with Gasteiger partial charge in [0.1, 0.15) is 23.7 Å². The largest absolute Gasteiger partial charge is 0.497 e. The van der Waals surface area contributed by atoms with E-state index in [1.807, 2.05) is 120 Å². The molecule has 4 N–H and O–H groups in total. The van der Waals surface area contributed by atoms with Crippen molar-refractivity contribution in [2.75, 3.05) is 33.9 Å². The van der Waals surface area contributed by atoms with Crippen LogP contribution in [-0.4, -0.2) is 111 Å². The number of urea groups is 1. The number of amides is 5. The third-order valence-electron chi connectivity index (χ3n) is 10.5. The molecule has 0 radical (unpaired) electrons. The molecular formula is C44H60N8O7. The summed E-state index contributed by atoms with van der Waals surface area (Å²) >= 11 is 0. The molecule has 15 nitrogen and oxygen atoms in total. The van der Waals surface area contributed by atoms with Crippen LogP contribution in [0.5, 0.6) is 5.75 Å². The highest BCUT2D eigenvalue weighted by Gasteiger charge is 2.45. The number of nitrogens with one attached hydrogen (secondary N) is 3. The lowest BCUT2D eigenvalue weighted by atomic mass is 9.84. The van der Waals surface area contributed by atoms with E-state index in [0.717, 1.165) is 28.2 Å². The van der Waals surface area contributed by atoms with Crippen LogP contribution >= 0.6 is 0 Å². The zero-order valence-corrected chi connectivity index (χ0v) is 35.7. The molecule has 4 unspecified atom stereocenters. The van der Waals surface area contributed by atoms with Crippen LogP contribution in [0.3, 0.4) is 0 Å². The van der Waals surface area contributed by atoms with Crippen molar-refractivity contribution in [3.8, 4) is 5.75 Å². The molecule has 3 heterocycles. The molecule has 15 heteroatoms. The van der Waals surface area contributed by atoms with Crippen molar-refractivity contribution in [1.29, 1.82) is 0 Å². The van der Waals surface area contributed by atoms with Crippen molar-refractivity contribution in [3.05, 3.63) is 102 Å². The third kappa shape index (κ3) is 11.3. The van der Waals surface area contributed by atoms with Crippen molar-refractivity contribution in [2.45, 2.75) is 92.2 Å². The summed E-state index contributed by atoms with van der Waals surface area (Å²) in [5.41, 5.74) is 4.91. The van der Waals surface area contributed by atoms with E-state index in [0.29, 0.717) is 25.4 Å². The number of ether oxygens (including phenoxy) is 2. The Morgan fingerprint density at radius 2 is 1.54 bits per heavy atom. The number of imidazole rings is 1. The maximum atomic E-state index is 14.6. The molecule has 2 aromatic carbocycles. The number of rotatable bonds is 16. The van der Waals surface area contributed by atoms with Crippen molar-refractivity contribution in [1.82, 2.24) is 40.3 Å². The van der Waals surface area contributed by atoms with Crippen molar-refractivity contribution >= 4 is 29.5 Å². The van der Waals surface area contributed by atoms with Gasteiger partial charge in [-0.1, -0.05) is 90.1 Å². The molecule has 59 heavy (non-hydrogen) atoms. The number of methoxy groups -OCH3 is 2. The van der Waals surface area contributed by atoms with Crippen LogP contribution in [0.1, 0.15) is 64.2 Å². The van der Waals surface area contributed by atoms with Gasteiger partial charge in [-0.3, -0.25) is 15.0 Å². The molecule has 1 aliphatic heterocycles. The zero-order chi connectivity index (χ0) is 43.1. The van der Waals surface area contributed by atoms with E-state index in [9.17, 15) is 24.3 Å². The minimum atomic E-state index is -1.22. The van der Waals surface area contributed by atoms with Crippen molar-refractivity contribution in [3.63, 3.8) is 0 Å². The van der Waals surface area contributed by atoms with Gasteiger partial charge in [-0.05, 0) is 59.6 Å². The van der Waals surface area contributed by atoms with Gasteiger partial charge in [-0.2, -0.15) is 0 Å². The van der Waals surface area contributed by atoms with Crippen LogP contribution in [-0.2, 0) is 33.8 Å². The summed E-state index contributed by atoms with van der Waals surface area (Å²) < 4.78 is 12.1. The Balaban J connectivity index is 1.40. The number of nitrogens with zero attached hydrogens (tertiary/aromatic N) is 5. The van der Waals surface area contributed by atoms with Crippen LogP contribution in [0.4, 0.5) is 9.59 Å². The number of carbonyl (C=O) groups is 4. The van der Waals surface area contributed by atoms with Crippen molar-refractivity contribution in [2.24, 2.45) is 10.8 Å². The summed E-state index contributed by atoms with van der Waals surface area (Å²) in [5.74, 6) is 0.555. The SMILES string of the molecule is COC(=O)NC(C(=O)NN(Cc1ccc(OC)cc1)CC(O)C(Cc1ccccc1)NC(=O)C(N1CCN(Cc2nc(C)n3ccccc23)C1=O)C(C)(C)C)C(C)(C)C. The predicted molar refractivity (Wildman–Crippen MR) is 224 cm³/mol. The zero-order valence-electron chi connectivity index (χ0n) is 35.7. The number of aliphatic hydroxyl groups is 1. The average molecular weight is 813 g/mol. The summed E-state index contributed by atoms with van der Waals surface area (Å²) in [7, 11) is 2.80. The first-order chi connectivity index (χ1) is 27.9. The molecule has 1 saturated heterocycles. The van der Waals surface area contributed by atoms with E-state index < -0.39 is 53.0 Å². The minimum Gasteiger partial charge on any atom is -0.497 e. The highest BCUT2D eigenvalue weighted by atomic mass is 16.5. The lowest BCUT2D eigenvalue weighted by Crippen LogP contribution is -2.61. The van der Waals surface area contributed by atoms with Gasteiger partial charge in [0.25, 0.3) is 5.91 Å². The van der Waals surface area contributed by atoms with Gasteiger partial charge in [-0.25, -0.2) is 19.6 Å². The van der Waals surface area contributed by atoms with Gasteiger partial charge >= 0.3 is 12.1 Å². The van der Waals surface area contributed by atoms with Crippen LogP contribution in [0.25, 0.3) is 5.52 Å². The van der Waals surface area contributed by atoms with Crippen LogP contribution in [0, 0.1) is 17.8 Å². The predicted octanol–water partition coefficient (Wildman–Crippen LogP) is 4.70. The van der Waals surface area contributed by atoms with Gasteiger partial charge in [0, 0.05) is 32.4 Å². The second-order valence-corrected chi connectivity index (χ2v) is 17.2. The second-order valence-electron chi connectivity index (χ2n) is 17.2. The standard InChI is InChI=1S/C44H60N8O7/c1-29-45-34(35-17-13-14-22-51(29)35)27-49-23-24-52(42(49)57)38(44(5,6)7)40(55)46-33(25-30-15-11-10-12-16-30)36(53)28-50(26-31-18-20-32(58-8)21-19-31)48-39(54)37(43(2,3)4)47-41(56)59-9/h10-22,33,36-38,53H,23-28H2,1-9H3,(H,46,55)(H,47,56)(H,48,54). The molecule has 4 aromatic rings. The monoisotopic (exact) mass is 812 g/mol. The van der Waals surface area contributed by atoms with E-state index in [1.54, 1.807) is 34.1 Å². The molecule has 0 spiro atoms. The summed E-state index contributed by atoms with van der Waals surface area (Å²) in [6.07, 6.45) is 0.224. The molecule has 4 atom stereocenters. The van der Waals surface area contributed by atoms with E-state index in [1.165, 1.54) is 7.11 Å². The molecule has 1 aliphatic rings. The lowest BCUT2D eigenvalue weighted by Gasteiger charge is -2.38. The molecule has 5 amide bonds. The molecule has 318 valence electrons. The molecule has 1 fully saturated rings. The first kappa shape index (κ1) is 44.4. The van der Waals surface area contributed by atoms with Crippen molar-refractivity contribution < 1.29 is 33.8 Å². The topological polar surface area (TPSA) is 170 Å². The Hall–Kier alpha value is -5.67. The number of aryl methyl sites for hydroxylation is 1. The fourth-order valence-electron chi connectivity index (χ4n) is 7.49. The molecule has 5 rings (SSSR count). The van der Waals surface area contributed by atoms with E-state index in [-0.39, 0.29) is 25.5 Å². The van der Waals surface area contributed by atoms with Crippen LogP contribution in [0.2, 0.25) is 0 Å². The number of carbonyl (C=O) groups excluding carboxylic acids is 4. The fraction of sp³-hybridized carbons (Fsp3) is 0.477. The normalized spacial score (nSPS) is 15.5. The fourth-order valence-corrected chi connectivity index (χ4v) is 7.49.